The second kappa shape index (κ2) is 7.07. The van der Waals surface area contributed by atoms with E-state index < -0.39 is 0 Å². The van der Waals surface area contributed by atoms with Crippen LogP contribution in [-0.2, 0) is 9.53 Å². The van der Waals surface area contributed by atoms with Crippen molar-refractivity contribution in [2.45, 2.75) is 50.5 Å². The minimum Gasteiger partial charge on any atom is -0.476 e. The van der Waals surface area contributed by atoms with Crippen LogP contribution in [0.3, 0.4) is 0 Å². The maximum absolute atomic E-state index is 12.6. The first-order chi connectivity index (χ1) is 13.3. The summed E-state index contributed by atoms with van der Waals surface area (Å²) >= 11 is 0. The maximum Gasteiger partial charge on any atom is 0.251 e. The van der Waals surface area contributed by atoms with Crippen molar-refractivity contribution in [1.82, 2.24) is 24.7 Å². The van der Waals surface area contributed by atoms with Crippen molar-refractivity contribution in [3.63, 3.8) is 0 Å². The smallest absolute Gasteiger partial charge is 0.251 e. The van der Waals surface area contributed by atoms with Crippen LogP contribution < -0.4 is 4.74 Å². The third kappa shape index (κ3) is 3.50. The van der Waals surface area contributed by atoms with Crippen molar-refractivity contribution in [2.75, 3.05) is 26.3 Å². The molecule has 8 nitrogen and oxygen atoms in total. The fourth-order valence-electron chi connectivity index (χ4n) is 3.97. The molecule has 0 aromatic carbocycles. The Hall–Kier alpha value is -2.22. The lowest BCUT2D eigenvalue weighted by molar-refractivity contribution is -0.145. The van der Waals surface area contributed by atoms with E-state index in [1.807, 2.05) is 17.0 Å². The number of likely N-dealkylation sites (tertiary alicyclic amines) is 1. The van der Waals surface area contributed by atoms with Crippen LogP contribution >= 0.6 is 0 Å². The van der Waals surface area contributed by atoms with Gasteiger partial charge in [0.25, 0.3) is 5.91 Å². The molecular weight excluding hydrogens is 346 g/mol. The minimum atomic E-state index is -0.239. The molecule has 0 spiro atoms. The van der Waals surface area contributed by atoms with E-state index in [4.69, 9.17) is 9.47 Å². The fraction of sp³-hybridized carbons (Fsp3) is 0.684. The van der Waals surface area contributed by atoms with E-state index in [-0.39, 0.29) is 12.0 Å². The van der Waals surface area contributed by atoms with E-state index in [0.29, 0.717) is 30.9 Å². The summed E-state index contributed by atoms with van der Waals surface area (Å²) in [5, 5.41) is 13.0. The average Bonchev–Trinajstić information content (AvgIpc) is 3.29. The Bertz CT molecular complexity index is 828. The van der Waals surface area contributed by atoms with E-state index in [1.54, 1.807) is 4.52 Å². The van der Waals surface area contributed by atoms with Crippen LogP contribution in [0, 0.1) is 5.92 Å². The molecule has 144 valence electrons. The van der Waals surface area contributed by atoms with Gasteiger partial charge in [-0.3, -0.25) is 4.79 Å². The van der Waals surface area contributed by atoms with E-state index >= 15 is 0 Å². The number of amides is 1. The molecule has 0 N–H and O–H groups in total. The molecular formula is C19H25N5O3. The quantitative estimate of drug-likeness (QED) is 0.797. The summed E-state index contributed by atoms with van der Waals surface area (Å²) in [5.74, 6) is 2.48. The molecule has 3 aliphatic rings. The summed E-state index contributed by atoms with van der Waals surface area (Å²) < 4.78 is 13.4. The Kier molecular flexibility index (Phi) is 4.43. The fourth-order valence-corrected chi connectivity index (χ4v) is 3.97. The van der Waals surface area contributed by atoms with Crippen molar-refractivity contribution in [2.24, 2.45) is 5.92 Å². The van der Waals surface area contributed by atoms with Gasteiger partial charge in [0.15, 0.2) is 11.5 Å². The van der Waals surface area contributed by atoms with E-state index in [1.165, 1.54) is 0 Å². The van der Waals surface area contributed by atoms with Crippen LogP contribution in [0.25, 0.3) is 5.65 Å². The molecule has 5 rings (SSSR count). The van der Waals surface area contributed by atoms with Gasteiger partial charge in [0.05, 0.1) is 6.61 Å². The zero-order valence-electron chi connectivity index (χ0n) is 15.4. The number of ether oxygens (including phenoxy) is 2. The average molecular weight is 371 g/mol. The lowest BCUT2D eigenvalue weighted by atomic mass is 10.1. The van der Waals surface area contributed by atoms with Crippen molar-refractivity contribution >= 4 is 11.6 Å². The molecule has 27 heavy (non-hydrogen) atoms. The predicted octanol–water partition coefficient (Wildman–Crippen LogP) is 1.80. The summed E-state index contributed by atoms with van der Waals surface area (Å²) in [7, 11) is 0. The molecule has 1 aliphatic carbocycles. The summed E-state index contributed by atoms with van der Waals surface area (Å²) in [5.41, 5.74) is 0.759. The Morgan fingerprint density at radius 3 is 2.93 bits per heavy atom. The number of rotatable bonds is 5. The number of hydrogen-bond acceptors (Lipinski definition) is 6. The van der Waals surface area contributed by atoms with E-state index in [0.717, 1.165) is 63.1 Å². The Morgan fingerprint density at radius 2 is 2.11 bits per heavy atom. The maximum atomic E-state index is 12.6. The molecule has 4 heterocycles. The first kappa shape index (κ1) is 16.9. The topological polar surface area (TPSA) is 81.8 Å². The molecule has 2 aromatic heterocycles. The van der Waals surface area contributed by atoms with Gasteiger partial charge in [-0.1, -0.05) is 0 Å². The summed E-state index contributed by atoms with van der Waals surface area (Å²) in [6, 6.07) is 3.74. The Balaban J connectivity index is 1.18. The van der Waals surface area contributed by atoms with Crippen molar-refractivity contribution in [1.29, 1.82) is 0 Å². The Morgan fingerprint density at radius 1 is 1.19 bits per heavy atom. The highest BCUT2D eigenvalue weighted by atomic mass is 16.5. The Labute approximate surface area is 157 Å². The predicted molar refractivity (Wildman–Crippen MR) is 96.5 cm³/mol. The van der Waals surface area contributed by atoms with Gasteiger partial charge in [0, 0.05) is 37.6 Å². The summed E-state index contributed by atoms with van der Waals surface area (Å²) in [4.78, 5) is 14.5. The van der Waals surface area contributed by atoms with Crippen LogP contribution in [0.5, 0.6) is 5.88 Å². The number of carbonyl (C=O) groups is 1. The lowest BCUT2D eigenvalue weighted by Gasteiger charge is -2.26. The minimum absolute atomic E-state index is 0.148. The second-order valence-corrected chi connectivity index (χ2v) is 7.88. The first-order valence-electron chi connectivity index (χ1n) is 10.0. The van der Waals surface area contributed by atoms with Gasteiger partial charge in [-0.15, -0.1) is 15.3 Å². The molecule has 2 aromatic rings. The standard InChI is InChI=1S/C19H25N5O3/c25-19(15-3-1-2-10-26-15)23-9-8-13(11-23)12-27-17-7-6-16-20-21-18(14-4-5-14)24(16)22-17/h6-7,13-15H,1-5,8-12H2. The highest BCUT2D eigenvalue weighted by Crippen LogP contribution is 2.38. The van der Waals surface area contributed by atoms with Gasteiger partial charge in [0.2, 0.25) is 5.88 Å². The van der Waals surface area contributed by atoms with Crippen molar-refractivity contribution in [3.8, 4) is 5.88 Å². The van der Waals surface area contributed by atoms with Crippen LogP contribution in [0.2, 0.25) is 0 Å². The SMILES string of the molecule is O=C(C1CCCCO1)N1CCC(COc2ccc3nnc(C4CC4)n3n2)C1. The molecule has 2 aliphatic heterocycles. The first-order valence-corrected chi connectivity index (χ1v) is 10.0. The van der Waals surface area contributed by atoms with Gasteiger partial charge >= 0.3 is 0 Å². The van der Waals surface area contributed by atoms with Crippen LogP contribution in [0.15, 0.2) is 12.1 Å². The summed E-state index contributed by atoms with van der Waals surface area (Å²) in [6.07, 6.45) is 6.03. The van der Waals surface area contributed by atoms with Gasteiger partial charge < -0.3 is 14.4 Å². The number of fused-ring (bicyclic) bond motifs is 1. The molecule has 0 bridgehead atoms. The monoisotopic (exact) mass is 371 g/mol. The third-order valence-corrected chi connectivity index (χ3v) is 5.72. The van der Waals surface area contributed by atoms with Crippen molar-refractivity contribution < 1.29 is 14.3 Å². The number of nitrogens with zero attached hydrogens (tertiary/aromatic N) is 5. The van der Waals surface area contributed by atoms with Gasteiger partial charge in [-0.05, 0) is 44.6 Å². The molecule has 8 heteroatoms. The van der Waals surface area contributed by atoms with E-state index in [2.05, 4.69) is 15.3 Å². The molecule has 3 fully saturated rings. The normalized spacial score (nSPS) is 25.9. The number of hydrogen-bond donors (Lipinski definition) is 0. The largest absolute Gasteiger partial charge is 0.476 e. The molecule has 2 saturated heterocycles. The van der Waals surface area contributed by atoms with Crippen LogP contribution in [0.1, 0.15) is 50.3 Å². The number of carbonyl (C=O) groups excluding carboxylic acids is 1. The highest BCUT2D eigenvalue weighted by Gasteiger charge is 2.33. The highest BCUT2D eigenvalue weighted by molar-refractivity contribution is 5.81. The molecule has 1 amide bonds. The second-order valence-electron chi connectivity index (χ2n) is 7.88. The zero-order valence-corrected chi connectivity index (χ0v) is 15.4. The van der Waals surface area contributed by atoms with Gasteiger partial charge in [-0.2, -0.15) is 4.52 Å². The third-order valence-electron chi connectivity index (χ3n) is 5.72. The molecule has 1 saturated carbocycles. The van der Waals surface area contributed by atoms with E-state index in [9.17, 15) is 4.79 Å². The van der Waals surface area contributed by atoms with Crippen molar-refractivity contribution in [3.05, 3.63) is 18.0 Å². The molecule has 2 atom stereocenters. The van der Waals surface area contributed by atoms with Crippen LogP contribution in [0.4, 0.5) is 0 Å². The van der Waals surface area contributed by atoms with Gasteiger partial charge in [-0.25, -0.2) is 0 Å². The number of aromatic nitrogens is 4. The summed E-state index contributed by atoms with van der Waals surface area (Å²) in [6.45, 7) is 2.79. The van der Waals surface area contributed by atoms with Crippen LogP contribution in [-0.4, -0.2) is 63.0 Å². The molecule has 2 unspecified atom stereocenters. The van der Waals surface area contributed by atoms with Gasteiger partial charge in [0.1, 0.15) is 6.10 Å². The zero-order chi connectivity index (χ0) is 18.2. The molecule has 0 radical (unpaired) electrons. The lowest BCUT2D eigenvalue weighted by Crippen LogP contribution is -2.40.